The number of nitrogens with two attached hydrogens (primary N) is 1. The molecule has 0 unspecified atom stereocenters. The smallest absolute Gasteiger partial charge is 0.230 e. The van der Waals surface area contributed by atoms with Gasteiger partial charge in [0.2, 0.25) is 16.7 Å². The van der Waals surface area contributed by atoms with E-state index in [1.54, 1.807) is 0 Å². The summed E-state index contributed by atoms with van der Waals surface area (Å²) in [4.78, 5) is 19.4. The van der Waals surface area contributed by atoms with Crippen LogP contribution < -0.4 is 5.73 Å². The average Bonchev–Trinajstić information content (AvgIpc) is 3.21. The van der Waals surface area contributed by atoms with Crippen LogP contribution in [-0.4, -0.2) is 43.6 Å². The van der Waals surface area contributed by atoms with Crippen molar-refractivity contribution in [2.75, 3.05) is 13.1 Å². The quantitative estimate of drug-likeness (QED) is 0.742. The number of likely N-dealkylation sites (tertiary alicyclic amines) is 1. The fourth-order valence-corrected chi connectivity index (χ4v) is 4.57. The lowest BCUT2D eigenvalue weighted by Gasteiger charge is -2.36. The minimum absolute atomic E-state index is 0.0661. The van der Waals surface area contributed by atoms with Gasteiger partial charge in [0.1, 0.15) is 6.33 Å². The number of carbonyl (C=O) groups excluding carboxylic acids is 1. The zero-order valence-corrected chi connectivity index (χ0v) is 14.4. The van der Waals surface area contributed by atoms with Gasteiger partial charge < -0.3 is 10.8 Å². The first-order valence-corrected chi connectivity index (χ1v) is 9.06. The van der Waals surface area contributed by atoms with Crippen LogP contribution in [0.5, 0.6) is 5.88 Å². The van der Waals surface area contributed by atoms with Crippen molar-refractivity contribution < 1.29 is 9.90 Å². The standard InChI is InChI=1S/C17H19N5O2S/c18-15(23)12-6-8-21(9-7-12)13(11-4-2-1-3-5-11)14-16(24)22-17(25-14)19-10-20-22/h1-5,10,12-13,24H,6-9H2,(H2,18,23)/t13-/m0/s1. The number of hydrogen-bond donors (Lipinski definition) is 2. The maximum atomic E-state index is 11.5. The summed E-state index contributed by atoms with van der Waals surface area (Å²) < 4.78 is 1.46. The fraction of sp³-hybridized carbons (Fsp3) is 0.353. The van der Waals surface area contributed by atoms with Gasteiger partial charge in [-0.2, -0.15) is 9.61 Å². The second-order valence-electron chi connectivity index (χ2n) is 6.27. The molecule has 0 aliphatic carbocycles. The zero-order chi connectivity index (χ0) is 17.4. The van der Waals surface area contributed by atoms with E-state index in [2.05, 4.69) is 27.1 Å². The lowest BCUT2D eigenvalue weighted by atomic mass is 9.93. The van der Waals surface area contributed by atoms with Gasteiger partial charge in [-0.05, 0) is 31.5 Å². The van der Waals surface area contributed by atoms with E-state index in [4.69, 9.17) is 5.73 Å². The number of benzene rings is 1. The van der Waals surface area contributed by atoms with Gasteiger partial charge in [0.05, 0.1) is 10.9 Å². The van der Waals surface area contributed by atoms with Crippen LogP contribution in [0.2, 0.25) is 0 Å². The molecule has 7 nitrogen and oxygen atoms in total. The summed E-state index contributed by atoms with van der Waals surface area (Å²) in [5, 5.41) is 14.7. The number of aromatic hydroxyl groups is 1. The van der Waals surface area contributed by atoms with Crippen LogP contribution in [0.3, 0.4) is 0 Å². The van der Waals surface area contributed by atoms with Crippen LogP contribution >= 0.6 is 11.3 Å². The molecule has 1 fully saturated rings. The van der Waals surface area contributed by atoms with Crippen molar-refractivity contribution in [2.45, 2.75) is 18.9 Å². The SMILES string of the molecule is NC(=O)C1CCN([C@@H](c2ccccc2)c2sc3ncnn3c2O)CC1. The third-order valence-corrected chi connectivity index (χ3v) is 5.89. The highest BCUT2D eigenvalue weighted by atomic mass is 32.1. The van der Waals surface area contributed by atoms with Gasteiger partial charge in [0.15, 0.2) is 0 Å². The average molecular weight is 357 g/mol. The molecule has 0 radical (unpaired) electrons. The van der Waals surface area contributed by atoms with Crippen LogP contribution in [0.15, 0.2) is 36.7 Å². The van der Waals surface area contributed by atoms with Crippen LogP contribution in [0.4, 0.5) is 0 Å². The number of piperidine rings is 1. The Morgan fingerprint density at radius 2 is 2.00 bits per heavy atom. The Morgan fingerprint density at radius 3 is 2.64 bits per heavy atom. The van der Waals surface area contributed by atoms with Crippen molar-refractivity contribution in [3.05, 3.63) is 47.1 Å². The first-order valence-electron chi connectivity index (χ1n) is 8.25. The second kappa shape index (κ2) is 6.45. The fourth-order valence-electron chi connectivity index (χ4n) is 3.48. The van der Waals surface area contributed by atoms with Crippen LogP contribution in [-0.2, 0) is 4.79 Å². The minimum atomic E-state index is -0.224. The molecule has 0 spiro atoms. The zero-order valence-electron chi connectivity index (χ0n) is 13.6. The summed E-state index contributed by atoms with van der Waals surface area (Å²) >= 11 is 1.44. The molecule has 0 saturated carbocycles. The molecule has 0 bridgehead atoms. The van der Waals surface area contributed by atoms with Crippen LogP contribution in [0.25, 0.3) is 4.96 Å². The van der Waals surface area contributed by atoms with E-state index in [1.807, 2.05) is 18.2 Å². The number of carbonyl (C=O) groups is 1. The van der Waals surface area contributed by atoms with E-state index in [-0.39, 0.29) is 23.7 Å². The van der Waals surface area contributed by atoms with Crippen LogP contribution in [0.1, 0.15) is 29.3 Å². The number of hydrogen-bond acceptors (Lipinski definition) is 6. The molecule has 3 aromatic rings. The Labute approximate surface area is 148 Å². The molecule has 1 saturated heterocycles. The summed E-state index contributed by atoms with van der Waals surface area (Å²) in [5.74, 6) is -0.162. The van der Waals surface area contributed by atoms with E-state index >= 15 is 0 Å². The molecule has 1 amide bonds. The summed E-state index contributed by atoms with van der Waals surface area (Å²) in [6, 6.07) is 9.98. The van der Waals surface area contributed by atoms with Crippen molar-refractivity contribution in [3.63, 3.8) is 0 Å². The van der Waals surface area contributed by atoms with Gasteiger partial charge in [-0.3, -0.25) is 9.69 Å². The molecule has 1 aliphatic rings. The first-order chi connectivity index (χ1) is 12.1. The topological polar surface area (TPSA) is 96.8 Å². The van der Waals surface area contributed by atoms with Gasteiger partial charge in [-0.1, -0.05) is 41.7 Å². The number of rotatable bonds is 4. The molecule has 3 heterocycles. The number of nitrogens with zero attached hydrogens (tertiary/aromatic N) is 4. The third kappa shape index (κ3) is 2.87. The molecule has 1 atom stereocenters. The van der Waals surface area contributed by atoms with E-state index < -0.39 is 0 Å². The highest BCUT2D eigenvalue weighted by Crippen LogP contribution is 2.40. The van der Waals surface area contributed by atoms with Gasteiger partial charge in [0, 0.05) is 5.92 Å². The summed E-state index contributed by atoms with van der Waals surface area (Å²) in [6.07, 6.45) is 2.91. The Hall–Kier alpha value is -2.45. The molecule has 2 aromatic heterocycles. The third-order valence-electron chi connectivity index (χ3n) is 4.80. The van der Waals surface area contributed by atoms with Gasteiger partial charge in [-0.25, -0.2) is 4.98 Å². The van der Waals surface area contributed by atoms with E-state index in [0.29, 0.717) is 4.96 Å². The van der Waals surface area contributed by atoms with Gasteiger partial charge in [0.25, 0.3) is 0 Å². The van der Waals surface area contributed by atoms with Gasteiger partial charge >= 0.3 is 0 Å². The minimum Gasteiger partial charge on any atom is -0.492 e. The lowest BCUT2D eigenvalue weighted by Crippen LogP contribution is -2.40. The lowest BCUT2D eigenvalue weighted by molar-refractivity contribution is -0.123. The predicted molar refractivity (Wildman–Crippen MR) is 94.3 cm³/mol. The normalized spacial score (nSPS) is 17.8. The summed E-state index contributed by atoms with van der Waals surface area (Å²) in [5.41, 5.74) is 6.55. The molecular formula is C17H19N5O2S. The number of aromatic nitrogens is 3. The Bertz CT molecular complexity index is 883. The molecule has 1 aromatic carbocycles. The van der Waals surface area contributed by atoms with Crippen molar-refractivity contribution in [1.82, 2.24) is 19.5 Å². The second-order valence-corrected chi connectivity index (χ2v) is 7.28. The Kier molecular flexibility index (Phi) is 4.14. The first kappa shape index (κ1) is 16.0. The highest BCUT2D eigenvalue weighted by Gasteiger charge is 2.32. The number of amides is 1. The largest absolute Gasteiger partial charge is 0.492 e. The van der Waals surface area contributed by atoms with Crippen LogP contribution in [0, 0.1) is 5.92 Å². The molecule has 1 aliphatic heterocycles. The van der Waals surface area contributed by atoms with E-state index in [0.717, 1.165) is 36.4 Å². The summed E-state index contributed by atoms with van der Waals surface area (Å²) in [6.45, 7) is 1.50. The Balaban J connectivity index is 1.72. The van der Waals surface area contributed by atoms with Crippen molar-refractivity contribution in [3.8, 4) is 5.88 Å². The number of fused-ring (bicyclic) bond motifs is 1. The molecule has 130 valence electrons. The monoisotopic (exact) mass is 357 g/mol. The highest BCUT2D eigenvalue weighted by molar-refractivity contribution is 7.17. The number of thiazole rings is 1. The van der Waals surface area contributed by atoms with Gasteiger partial charge in [-0.15, -0.1) is 0 Å². The van der Waals surface area contributed by atoms with E-state index in [1.165, 1.54) is 22.2 Å². The molecule has 8 heteroatoms. The van der Waals surface area contributed by atoms with Crippen molar-refractivity contribution >= 4 is 22.2 Å². The van der Waals surface area contributed by atoms with Crippen molar-refractivity contribution in [1.29, 1.82) is 0 Å². The van der Waals surface area contributed by atoms with Crippen molar-refractivity contribution in [2.24, 2.45) is 11.7 Å². The molecule has 25 heavy (non-hydrogen) atoms. The number of primary amides is 1. The molecule has 3 N–H and O–H groups in total. The Morgan fingerprint density at radius 1 is 1.28 bits per heavy atom. The predicted octanol–water partition coefficient (Wildman–Crippen LogP) is 1.78. The molecule has 4 rings (SSSR count). The maximum absolute atomic E-state index is 11.5. The summed E-state index contributed by atoms with van der Waals surface area (Å²) in [7, 11) is 0. The van der Waals surface area contributed by atoms with E-state index in [9.17, 15) is 9.90 Å². The maximum Gasteiger partial charge on any atom is 0.230 e. The molecular weight excluding hydrogens is 338 g/mol.